The van der Waals surface area contributed by atoms with E-state index in [0.29, 0.717) is 25.7 Å². The number of hydrogen-bond acceptors (Lipinski definition) is 4. The van der Waals surface area contributed by atoms with Crippen molar-refractivity contribution in [2.24, 2.45) is 0 Å². The molecule has 0 radical (unpaired) electrons. The third-order valence-corrected chi connectivity index (χ3v) is 6.25. The van der Waals surface area contributed by atoms with Crippen LogP contribution < -0.4 is 5.32 Å². The Morgan fingerprint density at radius 2 is 1.85 bits per heavy atom. The molecule has 1 N–H and O–H groups in total. The quantitative estimate of drug-likeness (QED) is 0.824. The number of carbonyl (C=O) groups is 1. The number of benzene rings is 1. The Bertz CT molecular complexity index is 745. The van der Waals surface area contributed by atoms with E-state index in [0.717, 1.165) is 22.5 Å². The molecule has 1 fully saturated rings. The Morgan fingerprint density at radius 1 is 1.23 bits per heavy atom. The van der Waals surface area contributed by atoms with Crippen molar-refractivity contribution in [2.45, 2.75) is 31.0 Å². The van der Waals surface area contributed by atoms with E-state index in [4.69, 9.17) is 0 Å². The molecule has 6 nitrogen and oxygen atoms in total. The van der Waals surface area contributed by atoms with Gasteiger partial charge < -0.3 is 5.32 Å². The molecule has 1 amide bonds. The summed E-state index contributed by atoms with van der Waals surface area (Å²) in [5.41, 5.74) is -0.998. The van der Waals surface area contributed by atoms with E-state index >= 15 is 0 Å². The highest BCUT2D eigenvalue weighted by Gasteiger charge is 2.35. The maximum atomic E-state index is 12.8. The molecule has 10 heteroatoms. The van der Waals surface area contributed by atoms with Gasteiger partial charge in [0.25, 0.3) is 0 Å². The Hall–Kier alpha value is -1.65. The molecule has 1 aromatic carbocycles. The summed E-state index contributed by atoms with van der Waals surface area (Å²) in [7, 11) is -4.02. The van der Waals surface area contributed by atoms with Crippen molar-refractivity contribution in [2.75, 3.05) is 32.7 Å². The van der Waals surface area contributed by atoms with Gasteiger partial charge in [0.2, 0.25) is 15.9 Å². The molecule has 0 bridgehead atoms. The van der Waals surface area contributed by atoms with Gasteiger partial charge in [-0.25, -0.2) is 8.42 Å². The van der Waals surface area contributed by atoms with Gasteiger partial charge in [0.1, 0.15) is 0 Å². The normalized spacial score (nSPS) is 18.5. The van der Waals surface area contributed by atoms with Gasteiger partial charge in [-0.1, -0.05) is 6.07 Å². The summed E-state index contributed by atoms with van der Waals surface area (Å²) in [4.78, 5) is 13.4. The van der Waals surface area contributed by atoms with Gasteiger partial charge in [0.05, 0.1) is 16.5 Å². The van der Waals surface area contributed by atoms with E-state index in [9.17, 15) is 26.4 Å². The van der Waals surface area contributed by atoms with Gasteiger partial charge in [-0.15, -0.1) is 0 Å². The van der Waals surface area contributed by atoms with Crippen molar-refractivity contribution in [3.63, 3.8) is 0 Å². The Labute approximate surface area is 151 Å². The number of halogens is 3. The molecule has 0 spiro atoms. The highest BCUT2D eigenvalue weighted by molar-refractivity contribution is 7.89. The summed E-state index contributed by atoms with van der Waals surface area (Å²) >= 11 is 0. The molecule has 0 saturated carbocycles. The zero-order valence-electron chi connectivity index (χ0n) is 14.6. The van der Waals surface area contributed by atoms with E-state index in [1.165, 1.54) is 0 Å². The molecule has 26 heavy (non-hydrogen) atoms. The number of piperazine rings is 1. The molecule has 146 valence electrons. The number of sulfonamides is 1. The first-order chi connectivity index (χ1) is 12.1. The summed E-state index contributed by atoms with van der Waals surface area (Å²) in [6, 6.07) is 3.34. The predicted octanol–water partition coefficient (Wildman–Crippen LogP) is 1.54. The zero-order valence-corrected chi connectivity index (χ0v) is 15.4. The van der Waals surface area contributed by atoms with Crippen molar-refractivity contribution in [3.8, 4) is 0 Å². The summed E-state index contributed by atoms with van der Waals surface area (Å²) in [6.07, 6.45) is -4.60. The minimum Gasteiger partial charge on any atom is -0.355 e. The molecule has 1 aliphatic rings. The van der Waals surface area contributed by atoms with Crippen molar-refractivity contribution in [1.82, 2.24) is 14.5 Å². The minimum atomic E-state index is -4.60. The molecule has 1 atom stereocenters. The van der Waals surface area contributed by atoms with Gasteiger partial charge in [0, 0.05) is 32.7 Å². The first kappa shape index (κ1) is 20.7. The second kappa shape index (κ2) is 7.93. The van der Waals surface area contributed by atoms with Crippen LogP contribution in [0.5, 0.6) is 0 Å². The first-order valence-corrected chi connectivity index (χ1v) is 9.70. The molecule has 0 unspecified atom stereocenters. The van der Waals surface area contributed by atoms with E-state index in [2.05, 4.69) is 5.32 Å². The first-order valence-electron chi connectivity index (χ1n) is 8.26. The third kappa shape index (κ3) is 4.54. The Kier molecular flexibility index (Phi) is 6.30. The standard InChI is InChI=1S/C16H22F3N3O3S/c1-3-20-15(23)12(2)21-7-9-22(10-8-21)26(24,25)14-6-4-5-13(11-14)16(17,18)19/h4-6,11-12H,3,7-10H2,1-2H3,(H,20,23)/t12-/m0/s1. The van der Waals surface area contributed by atoms with Crippen molar-refractivity contribution < 1.29 is 26.4 Å². The Balaban J connectivity index is 2.10. The van der Waals surface area contributed by atoms with Crippen molar-refractivity contribution in [1.29, 1.82) is 0 Å². The van der Waals surface area contributed by atoms with E-state index in [-0.39, 0.29) is 23.9 Å². The maximum absolute atomic E-state index is 12.8. The number of likely N-dealkylation sites (N-methyl/N-ethyl adjacent to an activating group) is 1. The van der Waals surface area contributed by atoms with E-state index < -0.39 is 27.8 Å². The fourth-order valence-corrected chi connectivity index (χ4v) is 4.27. The smallest absolute Gasteiger partial charge is 0.355 e. The highest BCUT2D eigenvalue weighted by atomic mass is 32.2. The van der Waals surface area contributed by atoms with Crippen LogP contribution >= 0.6 is 0 Å². The number of rotatable bonds is 5. The lowest BCUT2D eigenvalue weighted by atomic mass is 10.2. The SMILES string of the molecule is CCNC(=O)[C@H](C)N1CCN(S(=O)(=O)c2cccc(C(F)(F)F)c2)CC1. The lowest BCUT2D eigenvalue weighted by Crippen LogP contribution is -2.54. The van der Waals surface area contributed by atoms with Crippen LogP contribution in [0.3, 0.4) is 0 Å². The average molecular weight is 393 g/mol. The van der Waals surface area contributed by atoms with Crippen molar-refractivity contribution in [3.05, 3.63) is 29.8 Å². The van der Waals surface area contributed by atoms with Gasteiger partial charge in [0.15, 0.2) is 0 Å². The predicted molar refractivity (Wildman–Crippen MR) is 89.9 cm³/mol. The molecular formula is C16H22F3N3O3S. The van der Waals surface area contributed by atoms with Gasteiger partial charge in [-0.05, 0) is 32.0 Å². The topological polar surface area (TPSA) is 69.7 Å². The second-order valence-electron chi connectivity index (χ2n) is 6.04. The molecule has 0 aliphatic carbocycles. The van der Waals surface area contributed by atoms with Crippen LogP contribution in [-0.4, -0.2) is 62.3 Å². The Morgan fingerprint density at radius 3 is 2.38 bits per heavy atom. The van der Waals surface area contributed by atoms with Crippen LogP contribution in [0.25, 0.3) is 0 Å². The molecule has 0 aromatic heterocycles. The highest BCUT2D eigenvalue weighted by Crippen LogP contribution is 2.31. The summed E-state index contributed by atoms with van der Waals surface area (Å²) in [6.45, 7) is 4.94. The fraction of sp³-hybridized carbons (Fsp3) is 0.562. The van der Waals surface area contributed by atoms with E-state index in [1.54, 1.807) is 6.92 Å². The van der Waals surface area contributed by atoms with Crippen LogP contribution in [0.1, 0.15) is 19.4 Å². The molecule has 1 aromatic rings. The van der Waals surface area contributed by atoms with Gasteiger partial charge >= 0.3 is 6.18 Å². The number of carbonyl (C=O) groups excluding carboxylic acids is 1. The lowest BCUT2D eigenvalue weighted by molar-refractivity contribution is -0.137. The second-order valence-corrected chi connectivity index (χ2v) is 7.97. The number of hydrogen-bond donors (Lipinski definition) is 1. The fourth-order valence-electron chi connectivity index (χ4n) is 2.80. The summed E-state index contributed by atoms with van der Waals surface area (Å²) in [5, 5.41) is 2.71. The van der Waals surface area contributed by atoms with Crippen LogP contribution in [0, 0.1) is 0 Å². The van der Waals surface area contributed by atoms with Gasteiger partial charge in [-0.3, -0.25) is 9.69 Å². The zero-order chi connectivity index (χ0) is 19.5. The van der Waals surface area contributed by atoms with Crippen LogP contribution in [0.15, 0.2) is 29.2 Å². The molecular weight excluding hydrogens is 371 g/mol. The number of amides is 1. The molecule has 1 aliphatic heterocycles. The number of nitrogens with zero attached hydrogens (tertiary/aromatic N) is 2. The molecule has 2 rings (SSSR count). The molecule has 1 saturated heterocycles. The molecule has 1 heterocycles. The third-order valence-electron chi connectivity index (χ3n) is 4.35. The lowest BCUT2D eigenvalue weighted by Gasteiger charge is -2.36. The van der Waals surface area contributed by atoms with Crippen LogP contribution in [0.2, 0.25) is 0 Å². The minimum absolute atomic E-state index is 0.113. The van der Waals surface area contributed by atoms with Crippen molar-refractivity contribution >= 4 is 15.9 Å². The number of nitrogens with one attached hydrogen (secondary N) is 1. The van der Waals surface area contributed by atoms with Crippen LogP contribution in [0.4, 0.5) is 13.2 Å². The van der Waals surface area contributed by atoms with Gasteiger partial charge in [-0.2, -0.15) is 17.5 Å². The maximum Gasteiger partial charge on any atom is 0.416 e. The summed E-state index contributed by atoms with van der Waals surface area (Å²) in [5.74, 6) is -0.137. The largest absolute Gasteiger partial charge is 0.416 e. The average Bonchev–Trinajstić information content (AvgIpc) is 2.61. The number of alkyl halides is 3. The van der Waals surface area contributed by atoms with E-state index in [1.807, 2.05) is 11.8 Å². The monoisotopic (exact) mass is 393 g/mol. The summed E-state index contributed by atoms with van der Waals surface area (Å²) < 4.78 is 64.9. The van der Waals surface area contributed by atoms with Crippen LogP contribution in [-0.2, 0) is 21.0 Å².